The Hall–Kier alpha value is -3.71. The standard InChI is InChI=1S/C27H25N5OS/c1-2-13-34-27-28-16-20(17-29-27)15-23-26(33)32-18-24(21-11-7-4-8-12-21)30-22(25(32)31-23)14-19-9-5-3-6-10-19/h3-12,16-18,30H,2,13-15H2,1H3. The van der Waals surface area contributed by atoms with Crippen molar-refractivity contribution in [2.75, 3.05) is 5.75 Å². The van der Waals surface area contributed by atoms with E-state index in [4.69, 9.17) is 4.98 Å². The maximum atomic E-state index is 13.4. The number of hydrogen-bond donors (Lipinski definition) is 1. The van der Waals surface area contributed by atoms with E-state index in [9.17, 15) is 4.79 Å². The lowest BCUT2D eigenvalue weighted by Gasteiger charge is -2.13. The Morgan fingerprint density at radius 2 is 1.62 bits per heavy atom. The third-order valence-corrected chi connectivity index (χ3v) is 6.63. The van der Waals surface area contributed by atoms with Crippen molar-refractivity contribution in [2.24, 2.45) is 0 Å². The second-order valence-electron chi connectivity index (χ2n) is 8.13. The second-order valence-corrected chi connectivity index (χ2v) is 9.19. The van der Waals surface area contributed by atoms with Gasteiger partial charge in [0.2, 0.25) is 0 Å². The largest absolute Gasteiger partial charge is 0.354 e. The summed E-state index contributed by atoms with van der Waals surface area (Å²) in [5, 5.41) is 0.759. The zero-order valence-corrected chi connectivity index (χ0v) is 19.8. The van der Waals surface area contributed by atoms with Gasteiger partial charge in [-0.1, -0.05) is 79.3 Å². The molecule has 0 amide bonds. The molecule has 0 unspecified atom stereocenters. The van der Waals surface area contributed by atoms with Gasteiger partial charge in [0.05, 0.1) is 11.4 Å². The van der Waals surface area contributed by atoms with Crippen LogP contribution in [0.25, 0.3) is 17.1 Å². The highest BCUT2D eigenvalue weighted by molar-refractivity contribution is 7.99. The van der Waals surface area contributed by atoms with Gasteiger partial charge in [0.25, 0.3) is 5.56 Å². The molecule has 170 valence electrons. The predicted molar refractivity (Wildman–Crippen MR) is 136 cm³/mol. The van der Waals surface area contributed by atoms with Gasteiger partial charge in [-0.05, 0) is 23.1 Å². The van der Waals surface area contributed by atoms with Crippen LogP contribution in [0.5, 0.6) is 0 Å². The molecule has 2 aliphatic rings. The SMILES string of the molecule is CCCSc1ncc(Cc2nc3c(Cc4ccccc4)[nH]c(-c4ccccc4)cn-3c2=O)cn1. The Labute approximate surface area is 202 Å². The summed E-state index contributed by atoms with van der Waals surface area (Å²) in [6.45, 7) is 2.13. The Kier molecular flexibility index (Phi) is 6.53. The van der Waals surface area contributed by atoms with E-state index in [1.54, 1.807) is 28.7 Å². The molecule has 0 fully saturated rings. The van der Waals surface area contributed by atoms with Crippen molar-refractivity contribution in [3.8, 4) is 17.1 Å². The maximum absolute atomic E-state index is 13.4. The van der Waals surface area contributed by atoms with Gasteiger partial charge in [-0.15, -0.1) is 0 Å². The number of nitrogens with one attached hydrogen (secondary N) is 1. The Morgan fingerprint density at radius 1 is 0.912 bits per heavy atom. The van der Waals surface area contributed by atoms with Crippen molar-refractivity contribution >= 4 is 11.8 Å². The van der Waals surface area contributed by atoms with Crippen LogP contribution >= 0.6 is 11.8 Å². The summed E-state index contributed by atoms with van der Waals surface area (Å²) in [6, 6.07) is 20.2. The smallest absolute Gasteiger partial charge is 0.278 e. The number of aromatic nitrogens is 5. The lowest BCUT2D eigenvalue weighted by Crippen LogP contribution is -2.18. The Morgan fingerprint density at radius 3 is 2.32 bits per heavy atom. The van der Waals surface area contributed by atoms with Gasteiger partial charge in [-0.2, -0.15) is 0 Å². The number of nitrogens with zero attached hydrogens (tertiary/aromatic N) is 4. The van der Waals surface area contributed by atoms with Crippen molar-refractivity contribution in [1.29, 1.82) is 0 Å². The van der Waals surface area contributed by atoms with Crippen molar-refractivity contribution in [3.63, 3.8) is 0 Å². The van der Waals surface area contributed by atoms with Crippen LogP contribution in [0.3, 0.4) is 0 Å². The van der Waals surface area contributed by atoms with Crippen molar-refractivity contribution in [3.05, 3.63) is 112 Å². The fourth-order valence-electron chi connectivity index (χ4n) is 3.88. The number of imidazole rings is 1. The first-order valence-electron chi connectivity index (χ1n) is 11.4. The Balaban J connectivity index is 1.54. The zero-order chi connectivity index (χ0) is 23.3. The number of H-pyrrole nitrogens is 1. The van der Waals surface area contributed by atoms with Crippen LogP contribution in [0.1, 0.15) is 35.9 Å². The van der Waals surface area contributed by atoms with Crippen LogP contribution in [0, 0.1) is 0 Å². The van der Waals surface area contributed by atoms with Gasteiger partial charge >= 0.3 is 0 Å². The second kappa shape index (κ2) is 10.1. The van der Waals surface area contributed by atoms with Crippen LogP contribution in [0.4, 0.5) is 0 Å². The van der Waals surface area contributed by atoms with Gasteiger partial charge in [0, 0.05) is 37.2 Å². The number of hydrogen-bond acceptors (Lipinski definition) is 5. The summed E-state index contributed by atoms with van der Waals surface area (Å²) in [7, 11) is 0. The predicted octanol–water partition coefficient (Wildman–Crippen LogP) is 5.14. The average molecular weight is 468 g/mol. The molecule has 1 aromatic heterocycles. The summed E-state index contributed by atoms with van der Waals surface area (Å²) in [5.74, 6) is 1.64. The summed E-state index contributed by atoms with van der Waals surface area (Å²) in [4.78, 5) is 30.5. The highest BCUT2D eigenvalue weighted by Crippen LogP contribution is 2.23. The summed E-state index contributed by atoms with van der Waals surface area (Å²) in [5.41, 5.74) is 5.20. The fourth-order valence-corrected chi connectivity index (χ4v) is 4.52. The van der Waals surface area contributed by atoms with E-state index in [0.29, 0.717) is 24.4 Å². The van der Waals surface area contributed by atoms with E-state index in [0.717, 1.165) is 45.4 Å². The molecule has 5 rings (SSSR count). The lowest BCUT2D eigenvalue weighted by molar-refractivity contribution is 0.913. The topological polar surface area (TPSA) is 76.5 Å². The van der Waals surface area contributed by atoms with E-state index in [-0.39, 0.29) is 5.56 Å². The highest BCUT2D eigenvalue weighted by atomic mass is 32.2. The van der Waals surface area contributed by atoms with E-state index in [1.165, 1.54) is 0 Å². The monoisotopic (exact) mass is 467 g/mol. The van der Waals surface area contributed by atoms with E-state index >= 15 is 0 Å². The maximum Gasteiger partial charge on any atom is 0.278 e. The number of rotatable bonds is 8. The molecule has 0 radical (unpaired) electrons. The normalized spacial score (nSPS) is 11.2. The Bertz CT molecular complexity index is 1400. The molecule has 1 N–H and O–H groups in total. The molecule has 0 spiro atoms. The number of aromatic amines is 1. The third kappa shape index (κ3) is 4.79. The molecule has 6 nitrogen and oxygen atoms in total. The van der Waals surface area contributed by atoms with E-state index < -0.39 is 0 Å². The molecule has 2 aromatic carbocycles. The van der Waals surface area contributed by atoms with Gasteiger partial charge in [-0.3, -0.25) is 9.36 Å². The molecule has 0 saturated carbocycles. The van der Waals surface area contributed by atoms with E-state index in [1.807, 2.05) is 54.7 Å². The van der Waals surface area contributed by atoms with Gasteiger partial charge < -0.3 is 4.98 Å². The molecule has 7 heteroatoms. The number of thioether (sulfide) groups is 1. The summed E-state index contributed by atoms with van der Waals surface area (Å²) in [6.07, 6.45) is 7.54. The van der Waals surface area contributed by atoms with Crippen LogP contribution in [0.2, 0.25) is 0 Å². The quantitative estimate of drug-likeness (QED) is 0.253. The zero-order valence-electron chi connectivity index (χ0n) is 18.9. The average Bonchev–Trinajstić information content (AvgIpc) is 3.20. The minimum Gasteiger partial charge on any atom is -0.354 e. The summed E-state index contributed by atoms with van der Waals surface area (Å²) < 4.78 is 1.67. The van der Waals surface area contributed by atoms with Crippen LogP contribution < -0.4 is 5.56 Å². The van der Waals surface area contributed by atoms with Crippen molar-refractivity contribution in [2.45, 2.75) is 31.3 Å². The summed E-state index contributed by atoms with van der Waals surface area (Å²) >= 11 is 1.64. The number of fused-ring (bicyclic) bond motifs is 1. The van der Waals surface area contributed by atoms with Gasteiger partial charge in [0.1, 0.15) is 5.69 Å². The van der Waals surface area contributed by atoms with E-state index in [2.05, 4.69) is 34.0 Å². The van der Waals surface area contributed by atoms with Crippen molar-refractivity contribution in [1.82, 2.24) is 24.5 Å². The molecule has 0 bridgehead atoms. The van der Waals surface area contributed by atoms with Gasteiger partial charge in [-0.25, -0.2) is 15.0 Å². The third-order valence-electron chi connectivity index (χ3n) is 5.55. The molecular formula is C27H25N5OS. The molecule has 2 aliphatic heterocycles. The first-order valence-corrected chi connectivity index (χ1v) is 12.4. The van der Waals surface area contributed by atoms with Crippen LogP contribution in [-0.2, 0) is 12.8 Å². The molecule has 3 heterocycles. The lowest BCUT2D eigenvalue weighted by atomic mass is 10.1. The highest BCUT2D eigenvalue weighted by Gasteiger charge is 2.20. The molecular weight excluding hydrogens is 442 g/mol. The van der Waals surface area contributed by atoms with Crippen LogP contribution in [0.15, 0.2) is 89.2 Å². The molecule has 0 atom stereocenters. The molecule has 3 aromatic rings. The molecule has 34 heavy (non-hydrogen) atoms. The molecule has 0 saturated heterocycles. The van der Waals surface area contributed by atoms with Crippen molar-refractivity contribution < 1.29 is 0 Å². The van der Waals surface area contributed by atoms with Crippen LogP contribution in [-0.4, -0.2) is 30.3 Å². The first kappa shape index (κ1) is 22.1. The minimum atomic E-state index is -0.111. The minimum absolute atomic E-state index is 0.111. The fraction of sp³-hybridized carbons (Fsp3) is 0.185. The first-order chi connectivity index (χ1) is 16.7. The number of benzene rings is 2. The van der Waals surface area contributed by atoms with Gasteiger partial charge in [0.15, 0.2) is 11.0 Å². The molecule has 0 aliphatic carbocycles.